The molecule has 9 heteroatoms. The topological polar surface area (TPSA) is 74.2 Å². The normalized spacial score (nSPS) is 24.7. The van der Waals surface area contributed by atoms with Crippen LogP contribution in [0.5, 0.6) is 0 Å². The Morgan fingerprint density at radius 1 is 0.788 bits per heavy atom. The van der Waals surface area contributed by atoms with Gasteiger partial charge in [0.25, 0.3) is 0 Å². The molecule has 0 unspecified atom stereocenters. The number of carbonyl (C=O) groups excluding carboxylic acids is 1. The van der Waals surface area contributed by atoms with Gasteiger partial charge in [-0.15, -0.1) is 0 Å². The number of aliphatic hydroxyl groups excluding tert-OH is 1. The molecular formula is C24H52O6Si3. The van der Waals surface area contributed by atoms with E-state index < -0.39 is 55.3 Å². The molecule has 0 aromatic carbocycles. The fourth-order valence-electron chi connectivity index (χ4n) is 2.73. The molecule has 1 heterocycles. The lowest BCUT2D eigenvalue weighted by molar-refractivity contribution is -0.150. The summed E-state index contributed by atoms with van der Waals surface area (Å²) >= 11 is 0. The van der Waals surface area contributed by atoms with Crippen LogP contribution < -0.4 is 0 Å². The standard InChI is InChI=1S/C24H52O6Si3/c1-22(2,3)31(10,11)27-16-17(25)18-19(29-32(12,13)23(4,5)6)20(21(26)28-18)30-33(14,15)24(7,8)9/h17-20,25H,16H2,1-15H3/t17-,18+,19-,20+/m0/s1. The minimum absolute atomic E-state index is 0.0179. The number of esters is 1. The highest BCUT2D eigenvalue weighted by Crippen LogP contribution is 2.43. The lowest BCUT2D eigenvalue weighted by Crippen LogP contribution is -2.55. The van der Waals surface area contributed by atoms with Gasteiger partial charge >= 0.3 is 5.97 Å². The van der Waals surface area contributed by atoms with Gasteiger partial charge in [0.2, 0.25) is 0 Å². The van der Waals surface area contributed by atoms with Crippen LogP contribution in [0, 0.1) is 0 Å². The number of ether oxygens (including phenoxy) is 1. The second kappa shape index (κ2) is 9.78. The van der Waals surface area contributed by atoms with Crippen LogP contribution in [0.25, 0.3) is 0 Å². The summed E-state index contributed by atoms with van der Waals surface area (Å²) in [5, 5.41) is 11.0. The first-order chi connectivity index (χ1) is 14.3. The van der Waals surface area contributed by atoms with Crippen molar-refractivity contribution in [2.75, 3.05) is 6.61 Å². The second-order valence-corrected chi connectivity index (χ2v) is 28.5. The van der Waals surface area contributed by atoms with Gasteiger partial charge in [0.05, 0.1) is 6.61 Å². The summed E-state index contributed by atoms with van der Waals surface area (Å²) in [4.78, 5) is 13.1. The van der Waals surface area contributed by atoms with Crippen LogP contribution in [0.1, 0.15) is 62.3 Å². The van der Waals surface area contributed by atoms with E-state index in [2.05, 4.69) is 102 Å². The third-order valence-corrected chi connectivity index (χ3v) is 21.8. The molecule has 1 saturated heterocycles. The molecule has 0 bridgehead atoms. The molecule has 196 valence electrons. The van der Waals surface area contributed by atoms with Crippen molar-refractivity contribution in [1.82, 2.24) is 0 Å². The van der Waals surface area contributed by atoms with Crippen LogP contribution in [0.2, 0.25) is 54.4 Å². The molecule has 4 atom stereocenters. The predicted molar refractivity (Wildman–Crippen MR) is 143 cm³/mol. The van der Waals surface area contributed by atoms with Crippen LogP contribution in [0.15, 0.2) is 0 Å². The molecule has 1 aliphatic heterocycles. The second-order valence-electron chi connectivity index (χ2n) is 14.2. The maximum absolute atomic E-state index is 13.1. The van der Waals surface area contributed by atoms with Crippen molar-refractivity contribution in [2.24, 2.45) is 0 Å². The van der Waals surface area contributed by atoms with Crippen molar-refractivity contribution in [2.45, 2.75) is 141 Å². The Morgan fingerprint density at radius 2 is 1.18 bits per heavy atom. The first-order valence-corrected chi connectivity index (χ1v) is 20.9. The number of aliphatic hydroxyl groups is 1. The van der Waals surface area contributed by atoms with Crippen LogP contribution in [-0.2, 0) is 22.8 Å². The fraction of sp³-hybridized carbons (Fsp3) is 0.958. The van der Waals surface area contributed by atoms with Gasteiger partial charge < -0.3 is 23.1 Å². The molecule has 1 N–H and O–H groups in total. The van der Waals surface area contributed by atoms with E-state index in [0.717, 1.165) is 0 Å². The Kier molecular flexibility index (Phi) is 9.19. The molecule has 0 aromatic rings. The quantitative estimate of drug-likeness (QED) is 0.309. The minimum atomic E-state index is -2.28. The van der Waals surface area contributed by atoms with E-state index in [1.165, 1.54) is 0 Å². The van der Waals surface area contributed by atoms with Gasteiger partial charge in [-0.2, -0.15) is 0 Å². The van der Waals surface area contributed by atoms with Crippen LogP contribution in [0.4, 0.5) is 0 Å². The Balaban J connectivity index is 3.26. The number of hydrogen-bond acceptors (Lipinski definition) is 6. The van der Waals surface area contributed by atoms with Crippen LogP contribution in [-0.4, -0.2) is 67.1 Å². The molecule has 1 aliphatic rings. The predicted octanol–water partition coefficient (Wildman–Crippen LogP) is 6.08. The highest BCUT2D eigenvalue weighted by Gasteiger charge is 2.56. The van der Waals surface area contributed by atoms with E-state index in [0.29, 0.717) is 0 Å². The summed E-state index contributed by atoms with van der Waals surface area (Å²) in [6.07, 6.45) is -3.30. The smallest absolute Gasteiger partial charge is 0.337 e. The maximum atomic E-state index is 13.1. The summed E-state index contributed by atoms with van der Waals surface area (Å²) in [6, 6.07) is 0. The summed E-state index contributed by atoms with van der Waals surface area (Å²) < 4.78 is 25.3. The van der Waals surface area contributed by atoms with Gasteiger partial charge in [0.15, 0.2) is 37.2 Å². The van der Waals surface area contributed by atoms with Crippen molar-refractivity contribution in [1.29, 1.82) is 0 Å². The van der Waals surface area contributed by atoms with Gasteiger partial charge in [-0.3, -0.25) is 0 Å². The lowest BCUT2D eigenvalue weighted by atomic mass is 10.1. The molecule has 1 rings (SSSR count). The molecule has 0 aliphatic carbocycles. The largest absolute Gasteiger partial charge is 0.455 e. The lowest BCUT2D eigenvalue weighted by Gasteiger charge is -2.43. The van der Waals surface area contributed by atoms with E-state index >= 15 is 0 Å². The molecule has 1 fully saturated rings. The SMILES string of the molecule is CC(C)(C)[Si](C)(C)OC[C@H](O)[C@H]1OC(=O)[C@H](O[Si](C)(C)C(C)(C)C)[C@H]1O[Si](C)(C)C(C)(C)C. The van der Waals surface area contributed by atoms with Crippen molar-refractivity contribution in [3.05, 3.63) is 0 Å². The number of cyclic esters (lactones) is 1. The third kappa shape index (κ3) is 7.24. The number of rotatable bonds is 8. The highest BCUT2D eigenvalue weighted by molar-refractivity contribution is 6.75. The highest BCUT2D eigenvalue weighted by atomic mass is 28.4. The van der Waals surface area contributed by atoms with Gasteiger partial charge in [0, 0.05) is 0 Å². The molecule has 0 saturated carbocycles. The van der Waals surface area contributed by atoms with E-state index in [1.807, 2.05) is 0 Å². The molecule has 0 spiro atoms. The van der Waals surface area contributed by atoms with E-state index in [9.17, 15) is 9.90 Å². The zero-order valence-corrected chi connectivity index (χ0v) is 27.0. The summed E-state index contributed by atoms with van der Waals surface area (Å²) in [7, 11) is -6.64. The Labute approximate surface area is 206 Å². The molecule has 6 nitrogen and oxygen atoms in total. The Bertz CT molecular complexity index is 686. The first-order valence-electron chi connectivity index (χ1n) is 12.2. The van der Waals surface area contributed by atoms with Crippen molar-refractivity contribution in [3.63, 3.8) is 0 Å². The van der Waals surface area contributed by atoms with Gasteiger partial charge in [0.1, 0.15) is 12.2 Å². The van der Waals surface area contributed by atoms with Crippen molar-refractivity contribution in [3.8, 4) is 0 Å². The Hall–Kier alpha value is -0.0394. The third-order valence-electron chi connectivity index (χ3n) is 8.37. The molecule has 0 amide bonds. The van der Waals surface area contributed by atoms with Crippen LogP contribution >= 0.6 is 0 Å². The van der Waals surface area contributed by atoms with Crippen molar-refractivity contribution >= 4 is 30.9 Å². The molecular weight excluding hydrogens is 469 g/mol. The van der Waals surface area contributed by atoms with E-state index in [-0.39, 0.29) is 21.7 Å². The fourth-order valence-corrected chi connectivity index (χ4v) is 6.26. The van der Waals surface area contributed by atoms with Gasteiger partial charge in [-0.1, -0.05) is 62.3 Å². The maximum Gasteiger partial charge on any atom is 0.337 e. The minimum Gasteiger partial charge on any atom is -0.455 e. The zero-order valence-electron chi connectivity index (χ0n) is 24.0. The number of hydrogen-bond donors (Lipinski definition) is 1. The molecule has 33 heavy (non-hydrogen) atoms. The van der Waals surface area contributed by atoms with Crippen LogP contribution in [0.3, 0.4) is 0 Å². The van der Waals surface area contributed by atoms with E-state index in [4.69, 9.17) is 18.0 Å². The summed E-state index contributed by atoms with van der Waals surface area (Å²) in [5.41, 5.74) is 0. The summed E-state index contributed by atoms with van der Waals surface area (Å²) in [5.74, 6) is -0.445. The van der Waals surface area contributed by atoms with Gasteiger partial charge in [-0.05, 0) is 54.4 Å². The average Bonchev–Trinajstić information content (AvgIpc) is 2.85. The monoisotopic (exact) mass is 520 g/mol. The molecule has 0 radical (unpaired) electrons. The summed E-state index contributed by atoms with van der Waals surface area (Å²) in [6.45, 7) is 32.3. The first kappa shape index (κ1) is 31.0. The van der Waals surface area contributed by atoms with Crippen molar-refractivity contribution < 1.29 is 27.9 Å². The Morgan fingerprint density at radius 3 is 1.58 bits per heavy atom. The number of carbonyl (C=O) groups is 1. The van der Waals surface area contributed by atoms with Gasteiger partial charge in [-0.25, -0.2) is 4.79 Å². The van der Waals surface area contributed by atoms with E-state index in [1.54, 1.807) is 0 Å². The zero-order chi connectivity index (χ0) is 26.4. The average molecular weight is 521 g/mol. The molecule has 0 aromatic heterocycles.